The molecule has 0 bridgehead atoms. The minimum absolute atomic E-state index is 0.122. The topological polar surface area (TPSA) is 61.9 Å². The molecular formula is C20H18N4O2. The van der Waals surface area contributed by atoms with E-state index in [-0.39, 0.29) is 5.69 Å². The van der Waals surface area contributed by atoms with Gasteiger partial charge in [0.1, 0.15) is 5.82 Å². The van der Waals surface area contributed by atoms with Crippen LogP contribution in [0.1, 0.15) is 6.92 Å². The van der Waals surface area contributed by atoms with Crippen molar-refractivity contribution in [2.24, 2.45) is 7.05 Å². The SMILES string of the molecule is CCOc1ncccc1-c1ccc(-n2c(=O)n(C)c3ccccc32)nc1. The summed E-state index contributed by atoms with van der Waals surface area (Å²) in [6.07, 6.45) is 3.44. The zero-order valence-electron chi connectivity index (χ0n) is 14.6. The molecule has 1 aromatic carbocycles. The number of ether oxygens (including phenoxy) is 1. The summed E-state index contributed by atoms with van der Waals surface area (Å²) in [5.41, 5.74) is 3.34. The first-order chi connectivity index (χ1) is 12.7. The lowest BCUT2D eigenvalue weighted by molar-refractivity contribution is 0.328. The molecule has 0 radical (unpaired) electrons. The molecule has 0 N–H and O–H groups in total. The highest BCUT2D eigenvalue weighted by atomic mass is 16.5. The number of para-hydroxylation sites is 2. The second-order valence-corrected chi connectivity index (χ2v) is 5.86. The first kappa shape index (κ1) is 16.1. The van der Waals surface area contributed by atoms with Crippen molar-refractivity contribution in [3.05, 3.63) is 71.4 Å². The fraction of sp³-hybridized carbons (Fsp3) is 0.150. The number of aromatic nitrogens is 4. The van der Waals surface area contributed by atoms with Crippen LogP contribution in [0.5, 0.6) is 5.88 Å². The zero-order valence-corrected chi connectivity index (χ0v) is 14.6. The molecule has 0 saturated heterocycles. The van der Waals surface area contributed by atoms with E-state index in [1.165, 1.54) is 0 Å². The standard InChI is InChI=1S/C20H18N4O2/c1-3-26-19-15(7-6-12-21-19)14-10-11-18(22-13-14)24-17-9-5-4-8-16(17)23(2)20(24)25/h4-13H,3H2,1-2H3. The van der Waals surface area contributed by atoms with Gasteiger partial charge in [-0.2, -0.15) is 0 Å². The molecule has 6 heteroatoms. The van der Waals surface area contributed by atoms with E-state index in [2.05, 4.69) is 9.97 Å². The number of aryl methyl sites for hydroxylation is 1. The van der Waals surface area contributed by atoms with Crippen LogP contribution in [-0.4, -0.2) is 25.7 Å². The lowest BCUT2D eigenvalue weighted by atomic mass is 10.1. The Labute approximate surface area is 150 Å². The van der Waals surface area contributed by atoms with Gasteiger partial charge >= 0.3 is 5.69 Å². The maximum absolute atomic E-state index is 12.6. The molecule has 0 spiro atoms. The highest BCUT2D eigenvalue weighted by Gasteiger charge is 2.13. The van der Waals surface area contributed by atoms with Gasteiger partial charge in [0, 0.05) is 30.6 Å². The van der Waals surface area contributed by atoms with Gasteiger partial charge in [0.05, 0.1) is 17.6 Å². The molecular weight excluding hydrogens is 328 g/mol. The lowest BCUT2D eigenvalue weighted by Gasteiger charge is -2.09. The normalized spacial score (nSPS) is 11.0. The number of hydrogen-bond donors (Lipinski definition) is 0. The highest BCUT2D eigenvalue weighted by Crippen LogP contribution is 2.27. The molecule has 4 rings (SSSR count). The predicted molar refractivity (Wildman–Crippen MR) is 101 cm³/mol. The fourth-order valence-electron chi connectivity index (χ4n) is 3.05. The minimum Gasteiger partial charge on any atom is -0.478 e. The molecule has 4 aromatic rings. The summed E-state index contributed by atoms with van der Waals surface area (Å²) >= 11 is 0. The summed E-state index contributed by atoms with van der Waals surface area (Å²) in [5, 5.41) is 0. The summed E-state index contributed by atoms with van der Waals surface area (Å²) in [7, 11) is 1.76. The Morgan fingerprint density at radius 3 is 2.54 bits per heavy atom. The predicted octanol–water partition coefficient (Wildman–Crippen LogP) is 3.18. The third-order valence-corrected chi connectivity index (χ3v) is 4.30. The van der Waals surface area contributed by atoms with Crippen molar-refractivity contribution in [2.45, 2.75) is 6.92 Å². The maximum atomic E-state index is 12.6. The number of benzene rings is 1. The number of imidazole rings is 1. The molecule has 0 aliphatic carbocycles. The van der Waals surface area contributed by atoms with Crippen LogP contribution in [0.4, 0.5) is 0 Å². The van der Waals surface area contributed by atoms with Crippen LogP contribution in [0.2, 0.25) is 0 Å². The van der Waals surface area contributed by atoms with Gasteiger partial charge in [-0.1, -0.05) is 12.1 Å². The lowest BCUT2D eigenvalue weighted by Crippen LogP contribution is -2.21. The van der Waals surface area contributed by atoms with E-state index < -0.39 is 0 Å². The van der Waals surface area contributed by atoms with Crippen molar-refractivity contribution in [3.8, 4) is 22.8 Å². The van der Waals surface area contributed by atoms with Crippen molar-refractivity contribution in [3.63, 3.8) is 0 Å². The molecule has 0 atom stereocenters. The average molecular weight is 346 g/mol. The van der Waals surface area contributed by atoms with E-state index in [1.807, 2.05) is 55.5 Å². The molecule has 130 valence electrons. The van der Waals surface area contributed by atoms with E-state index in [1.54, 1.807) is 28.6 Å². The zero-order chi connectivity index (χ0) is 18.1. The molecule has 0 saturated carbocycles. The fourth-order valence-corrected chi connectivity index (χ4v) is 3.05. The van der Waals surface area contributed by atoms with Gasteiger partial charge in [0.2, 0.25) is 5.88 Å². The second kappa shape index (κ2) is 6.48. The molecule has 0 aliphatic heterocycles. The maximum Gasteiger partial charge on any atom is 0.334 e. The molecule has 6 nitrogen and oxygen atoms in total. The van der Waals surface area contributed by atoms with E-state index in [0.29, 0.717) is 18.3 Å². The number of pyridine rings is 2. The Bertz CT molecular complexity index is 1130. The van der Waals surface area contributed by atoms with E-state index in [0.717, 1.165) is 22.2 Å². The Hall–Kier alpha value is -3.41. The molecule has 26 heavy (non-hydrogen) atoms. The minimum atomic E-state index is -0.122. The molecule has 3 aromatic heterocycles. The van der Waals surface area contributed by atoms with Crippen molar-refractivity contribution in [2.75, 3.05) is 6.61 Å². The van der Waals surface area contributed by atoms with Gasteiger partial charge in [-0.15, -0.1) is 0 Å². The summed E-state index contributed by atoms with van der Waals surface area (Å²) in [6, 6.07) is 15.2. The Kier molecular flexibility index (Phi) is 4.01. The molecule has 0 unspecified atom stereocenters. The van der Waals surface area contributed by atoms with Crippen molar-refractivity contribution in [1.29, 1.82) is 0 Å². The first-order valence-corrected chi connectivity index (χ1v) is 8.41. The largest absolute Gasteiger partial charge is 0.478 e. The van der Waals surface area contributed by atoms with Gasteiger partial charge < -0.3 is 4.74 Å². The van der Waals surface area contributed by atoms with Crippen molar-refractivity contribution < 1.29 is 4.74 Å². The summed E-state index contributed by atoms with van der Waals surface area (Å²) < 4.78 is 8.83. The van der Waals surface area contributed by atoms with Crippen LogP contribution in [-0.2, 0) is 7.05 Å². The number of nitrogens with zero attached hydrogens (tertiary/aromatic N) is 4. The van der Waals surface area contributed by atoms with E-state index in [4.69, 9.17) is 4.74 Å². The second-order valence-electron chi connectivity index (χ2n) is 5.86. The summed E-state index contributed by atoms with van der Waals surface area (Å²) in [4.78, 5) is 21.4. The molecule has 0 amide bonds. The van der Waals surface area contributed by atoms with Gasteiger partial charge in [-0.05, 0) is 43.3 Å². The van der Waals surface area contributed by atoms with Gasteiger partial charge in [0.25, 0.3) is 0 Å². The third kappa shape index (κ3) is 2.56. The van der Waals surface area contributed by atoms with Crippen LogP contribution < -0.4 is 10.4 Å². The molecule has 0 fully saturated rings. The van der Waals surface area contributed by atoms with Gasteiger partial charge in [-0.3, -0.25) is 4.57 Å². The van der Waals surface area contributed by atoms with Crippen LogP contribution in [0.15, 0.2) is 65.7 Å². The van der Waals surface area contributed by atoms with Crippen LogP contribution in [0.3, 0.4) is 0 Å². The van der Waals surface area contributed by atoms with Crippen LogP contribution >= 0.6 is 0 Å². The number of hydrogen-bond acceptors (Lipinski definition) is 4. The van der Waals surface area contributed by atoms with Crippen LogP contribution in [0, 0.1) is 0 Å². The molecule has 3 heterocycles. The summed E-state index contributed by atoms with van der Waals surface area (Å²) in [6.45, 7) is 2.47. The van der Waals surface area contributed by atoms with E-state index in [9.17, 15) is 4.79 Å². The van der Waals surface area contributed by atoms with E-state index >= 15 is 0 Å². The Morgan fingerprint density at radius 1 is 1.00 bits per heavy atom. The monoisotopic (exact) mass is 346 g/mol. The Morgan fingerprint density at radius 2 is 1.81 bits per heavy atom. The highest BCUT2D eigenvalue weighted by molar-refractivity contribution is 5.78. The number of rotatable bonds is 4. The average Bonchev–Trinajstić information content (AvgIpc) is 2.94. The first-order valence-electron chi connectivity index (χ1n) is 8.41. The van der Waals surface area contributed by atoms with Crippen molar-refractivity contribution >= 4 is 11.0 Å². The van der Waals surface area contributed by atoms with Gasteiger partial charge in [-0.25, -0.2) is 19.3 Å². The number of fused-ring (bicyclic) bond motifs is 1. The van der Waals surface area contributed by atoms with Crippen molar-refractivity contribution in [1.82, 2.24) is 19.1 Å². The Balaban J connectivity index is 1.81. The summed E-state index contributed by atoms with van der Waals surface area (Å²) in [5.74, 6) is 1.16. The quantitative estimate of drug-likeness (QED) is 0.569. The third-order valence-electron chi connectivity index (χ3n) is 4.30. The molecule has 0 aliphatic rings. The van der Waals surface area contributed by atoms with Gasteiger partial charge in [0.15, 0.2) is 0 Å². The van der Waals surface area contributed by atoms with Crippen LogP contribution in [0.25, 0.3) is 28.0 Å². The smallest absolute Gasteiger partial charge is 0.334 e.